The number of anilines is 1. The van der Waals surface area contributed by atoms with E-state index in [1.165, 1.54) is 18.2 Å². The molecule has 1 heterocycles. The molecule has 0 saturated heterocycles. The van der Waals surface area contributed by atoms with E-state index in [9.17, 15) is 19.1 Å². The first-order valence-corrected chi connectivity index (χ1v) is 4.64. The molecule has 1 N–H and O–H groups in total. The third-order valence-corrected chi connectivity index (χ3v) is 2.57. The average molecular weight is 224 g/mol. The topological polar surface area (TPSA) is 89.3 Å². The summed E-state index contributed by atoms with van der Waals surface area (Å²) in [6.07, 6.45) is 0. The summed E-state index contributed by atoms with van der Waals surface area (Å²) in [5, 5.41) is 12.9. The van der Waals surface area contributed by atoms with E-state index in [2.05, 4.69) is 5.32 Å². The second-order valence-corrected chi connectivity index (χ2v) is 3.43. The highest BCUT2D eigenvalue weighted by Gasteiger charge is 2.27. The molecule has 0 bridgehead atoms. The molecule has 1 aliphatic rings. The van der Waals surface area contributed by atoms with Gasteiger partial charge in [0, 0.05) is 17.7 Å². The Morgan fingerprint density at radius 2 is 2.13 bits per heavy atom. The van der Waals surface area contributed by atoms with Gasteiger partial charge in [0.1, 0.15) is 16.1 Å². The second kappa shape index (κ2) is 3.28. The predicted molar refractivity (Wildman–Crippen MR) is 54.0 cm³/mol. The fourth-order valence-electron chi connectivity index (χ4n) is 1.33. The number of nitrogens with one attached hydrogen (secondary N) is 1. The van der Waals surface area contributed by atoms with Crippen LogP contribution in [0.5, 0.6) is 0 Å². The van der Waals surface area contributed by atoms with Crippen LogP contribution in [0.15, 0.2) is 18.2 Å². The van der Waals surface area contributed by atoms with E-state index in [1.54, 1.807) is 0 Å². The third-order valence-electron chi connectivity index (χ3n) is 2.00. The summed E-state index contributed by atoms with van der Waals surface area (Å²) in [4.78, 5) is 21.1. The van der Waals surface area contributed by atoms with Crippen molar-refractivity contribution in [2.75, 3.05) is 5.32 Å². The highest BCUT2D eigenvalue weighted by Crippen LogP contribution is 2.26. The highest BCUT2D eigenvalue weighted by atomic mass is 32.1. The van der Waals surface area contributed by atoms with E-state index in [1.807, 2.05) is 0 Å². The number of amides is 1. The van der Waals surface area contributed by atoms with Gasteiger partial charge in [0.25, 0.3) is 11.6 Å². The summed E-state index contributed by atoms with van der Waals surface area (Å²) in [6, 6.07) is 3.90. The van der Waals surface area contributed by atoms with Gasteiger partial charge in [0.2, 0.25) is 0 Å². The van der Waals surface area contributed by atoms with Crippen LogP contribution in [0.3, 0.4) is 0 Å². The van der Waals surface area contributed by atoms with E-state index in [0.717, 1.165) is 0 Å². The van der Waals surface area contributed by atoms with E-state index in [-0.39, 0.29) is 21.8 Å². The normalized spacial score (nSPS) is 13.3. The molecule has 0 spiro atoms. The lowest BCUT2D eigenvalue weighted by atomic mass is 10.1. The summed E-state index contributed by atoms with van der Waals surface area (Å²) >= 11 is 0.0356. The van der Waals surface area contributed by atoms with Gasteiger partial charge >= 0.3 is 0 Å². The number of fused-ring (bicyclic) bond motifs is 1. The number of hydrogen-bond donors (Lipinski definition) is 1. The Morgan fingerprint density at radius 1 is 1.40 bits per heavy atom. The van der Waals surface area contributed by atoms with Crippen molar-refractivity contribution in [3.05, 3.63) is 33.9 Å². The summed E-state index contributed by atoms with van der Waals surface area (Å²) in [6.45, 7) is 0. The first-order chi connectivity index (χ1) is 7.13. The third kappa shape index (κ3) is 1.42. The average Bonchev–Trinajstić information content (AvgIpc) is 2.51. The molecule has 0 fully saturated rings. The van der Waals surface area contributed by atoms with Crippen LogP contribution in [-0.2, 0) is 16.1 Å². The Labute approximate surface area is 87.1 Å². The van der Waals surface area contributed by atoms with Gasteiger partial charge in [0.05, 0.1) is 10.6 Å². The maximum atomic E-state index is 11.2. The lowest BCUT2D eigenvalue weighted by molar-refractivity contribution is -0.384. The lowest BCUT2D eigenvalue weighted by Gasteiger charge is -1.95. The zero-order chi connectivity index (χ0) is 11.0. The molecule has 0 radical (unpaired) electrons. The molecule has 1 amide bonds. The Hall–Kier alpha value is -2.02. The first-order valence-electron chi connectivity index (χ1n) is 3.90. The number of nitro benzene ring substituents is 1. The Kier molecular flexibility index (Phi) is 2.09. The minimum atomic E-state index is -0.573. The van der Waals surface area contributed by atoms with Gasteiger partial charge in [-0.1, -0.05) is 0 Å². The molecular formula is C8H4N2O4S. The molecule has 0 aliphatic carbocycles. The van der Waals surface area contributed by atoms with Crippen LogP contribution >= 0.6 is 0 Å². The van der Waals surface area contributed by atoms with Gasteiger partial charge in [-0.15, -0.1) is 0 Å². The van der Waals surface area contributed by atoms with Crippen molar-refractivity contribution in [2.24, 2.45) is 0 Å². The van der Waals surface area contributed by atoms with E-state index < -0.39 is 10.8 Å². The van der Waals surface area contributed by atoms with Crippen LogP contribution in [-0.4, -0.2) is 19.9 Å². The number of carbonyl (C=O) groups excluding carboxylic acids is 1. The van der Waals surface area contributed by atoms with Crippen molar-refractivity contribution < 1.29 is 13.9 Å². The lowest BCUT2D eigenvalue weighted by Crippen LogP contribution is -2.13. The van der Waals surface area contributed by atoms with Crippen molar-refractivity contribution in [3.63, 3.8) is 0 Å². The second-order valence-electron chi connectivity index (χ2n) is 2.85. The van der Waals surface area contributed by atoms with Gasteiger partial charge in [-0.2, -0.15) is 0 Å². The quantitative estimate of drug-likeness (QED) is 0.421. The molecule has 2 rings (SSSR count). The molecule has 0 aromatic heterocycles. The number of hydrogen-bond acceptors (Lipinski definition) is 4. The van der Waals surface area contributed by atoms with Crippen LogP contribution in [0, 0.1) is 10.1 Å². The van der Waals surface area contributed by atoms with Crippen molar-refractivity contribution in [1.29, 1.82) is 0 Å². The molecular weight excluding hydrogens is 220 g/mol. The number of rotatable bonds is 1. The number of nitro groups is 1. The summed E-state index contributed by atoms with van der Waals surface area (Å²) in [5.74, 6) is -0.509. The zero-order valence-electron chi connectivity index (χ0n) is 7.22. The number of carbonyl (C=O) groups is 1. The van der Waals surface area contributed by atoms with Crippen molar-refractivity contribution in [1.82, 2.24) is 0 Å². The maximum Gasteiger partial charge on any atom is 0.270 e. The Morgan fingerprint density at radius 3 is 2.73 bits per heavy atom. The Balaban J connectivity index is 2.64. The standard InChI is InChI=1S/C8H4N2O4S/c11-8-7(15-14)5-3-4(10(12)13)1-2-6(5)9-8/h1-3H,(H,9,11). The monoisotopic (exact) mass is 224 g/mol. The first kappa shape index (κ1) is 9.53. The number of nitrogens with zero attached hydrogens (tertiary/aromatic N) is 1. The summed E-state index contributed by atoms with van der Waals surface area (Å²) in [7, 11) is 0. The number of non-ortho nitro benzene ring substituents is 1. The minimum Gasteiger partial charge on any atom is -0.321 e. The van der Waals surface area contributed by atoms with Crippen molar-refractivity contribution in [3.8, 4) is 0 Å². The summed E-state index contributed by atoms with van der Waals surface area (Å²) < 4.78 is 10.6. The molecule has 1 aromatic carbocycles. The Bertz CT molecular complexity index is 533. The molecule has 0 atom stereocenters. The van der Waals surface area contributed by atoms with Crippen LogP contribution < -0.4 is 5.32 Å². The molecule has 6 nitrogen and oxygen atoms in total. The van der Waals surface area contributed by atoms with Crippen LogP contribution in [0.25, 0.3) is 0 Å². The summed E-state index contributed by atoms with van der Waals surface area (Å²) in [5.41, 5.74) is 0.593. The van der Waals surface area contributed by atoms with Crippen molar-refractivity contribution >= 4 is 33.4 Å². The predicted octanol–water partition coefficient (Wildman–Crippen LogP) is 0.280. The van der Waals surface area contributed by atoms with E-state index in [4.69, 9.17) is 0 Å². The molecule has 0 saturated carbocycles. The maximum absolute atomic E-state index is 11.2. The SMILES string of the molecule is O=S=C1C(=O)Nc2ccc([N+](=O)[O-])cc21. The van der Waals surface area contributed by atoms with Gasteiger partial charge < -0.3 is 5.32 Å². The molecule has 1 aliphatic heterocycles. The largest absolute Gasteiger partial charge is 0.321 e. The van der Waals surface area contributed by atoms with Crippen molar-refractivity contribution in [2.45, 2.75) is 0 Å². The zero-order valence-corrected chi connectivity index (χ0v) is 8.04. The number of benzene rings is 1. The van der Waals surface area contributed by atoms with Gasteiger partial charge in [0.15, 0.2) is 0 Å². The van der Waals surface area contributed by atoms with Gasteiger partial charge in [-0.25, -0.2) is 4.21 Å². The van der Waals surface area contributed by atoms with Gasteiger partial charge in [-0.05, 0) is 6.07 Å². The fraction of sp³-hybridized carbons (Fsp3) is 0. The van der Waals surface area contributed by atoms with Crippen LogP contribution in [0.4, 0.5) is 11.4 Å². The molecule has 76 valence electrons. The van der Waals surface area contributed by atoms with E-state index >= 15 is 0 Å². The fourth-order valence-corrected chi connectivity index (χ4v) is 1.71. The molecule has 7 heteroatoms. The minimum absolute atomic E-state index is 0.0336. The van der Waals surface area contributed by atoms with Crippen LogP contribution in [0.1, 0.15) is 5.56 Å². The molecule has 0 unspecified atom stereocenters. The molecule has 15 heavy (non-hydrogen) atoms. The van der Waals surface area contributed by atoms with E-state index in [0.29, 0.717) is 11.3 Å². The van der Waals surface area contributed by atoms with Crippen LogP contribution in [0.2, 0.25) is 0 Å². The smallest absolute Gasteiger partial charge is 0.270 e. The highest BCUT2D eigenvalue weighted by molar-refractivity contribution is 7.69. The molecule has 1 aromatic rings. The van der Waals surface area contributed by atoms with Gasteiger partial charge in [-0.3, -0.25) is 14.9 Å².